The maximum Gasteiger partial charge on any atom is 0.410 e. The zero-order valence-electron chi connectivity index (χ0n) is 15.6. The van der Waals surface area contributed by atoms with E-state index in [0.29, 0.717) is 4.90 Å². The van der Waals surface area contributed by atoms with Crippen molar-refractivity contribution in [3.63, 3.8) is 0 Å². The second-order valence-electron chi connectivity index (χ2n) is 6.92. The Morgan fingerprint density at radius 2 is 1.59 bits per heavy atom. The van der Waals surface area contributed by atoms with E-state index in [4.69, 9.17) is 4.74 Å². The van der Waals surface area contributed by atoms with Gasteiger partial charge in [0, 0.05) is 19.4 Å². The molecule has 1 aliphatic rings. The first-order valence-electron chi connectivity index (χ1n) is 9.06. The highest BCUT2D eigenvalue weighted by Gasteiger charge is 2.35. The van der Waals surface area contributed by atoms with Crippen LogP contribution in [0.5, 0.6) is 0 Å². The normalized spacial score (nSPS) is 14.1. The fourth-order valence-electron chi connectivity index (χ4n) is 3.61. The second kappa shape index (κ2) is 8.14. The number of amides is 1. The summed E-state index contributed by atoms with van der Waals surface area (Å²) in [4.78, 5) is 24.4. The molecule has 1 N–H and O–H groups in total. The molecule has 3 rings (SSSR count). The number of nitrogens with zero attached hydrogens (tertiary/aromatic N) is 1. The van der Waals surface area contributed by atoms with Crippen LogP contribution >= 0.6 is 0 Å². The molecule has 29 heavy (non-hydrogen) atoms. The maximum absolute atomic E-state index is 12.5. The molecule has 1 atom stereocenters. The van der Waals surface area contributed by atoms with Gasteiger partial charge in [0.1, 0.15) is 12.6 Å². The minimum Gasteiger partial charge on any atom is -0.480 e. The van der Waals surface area contributed by atoms with Gasteiger partial charge in [0.2, 0.25) is 0 Å². The zero-order valence-corrected chi connectivity index (χ0v) is 15.6. The van der Waals surface area contributed by atoms with E-state index in [1.165, 1.54) is 0 Å². The molecule has 0 unspecified atom stereocenters. The first kappa shape index (κ1) is 20.7. The third-order valence-electron chi connectivity index (χ3n) is 5.08. The Hall–Kier alpha value is -3.03. The summed E-state index contributed by atoms with van der Waals surface area (Å²) in [7, 11) is 1.13. The summed E-state index contributed by atoms with van der Waals surface area (Å²) < 4.78 is 42.7. The molecule has 0 saturated heterocycles. The van der Waals surface area contributed by atoms with Crippen molar-refractivity contribution < 1.29 is 32.6 Å². The Kier molecular flexibility index (Phi) is 5.81. The molecule has 2 aromatic rings. The third-order valence-corrected chi connectivity index (χ3v) is 5.08. The van der Waals surface area contributed by atoms with Gasteiger partial charge >= 0.3 is 18.2 Å². The van der Waals surface area contributed by atoms with Crippen LogP contribution in [0.1, 0.15) is 29.9 Å². The molecule has 8 heteroatoms. The minimum atomic E-state index is -4.50. The highest BCUT2D eigenvalue weighted by atomic mass is 19.4. The summed E-state index contributed by atoms with van der Waals surface area (Å²) in [5.74, 6) is -1.73. The van der Waals surface area contributed by atoms with Gasteiger partial charge < -0.3 is 9.84 Å². The minimum absolute atomic E-state index is 0.0389. The first-order valence-corrected chi connectivity index (χ1v) is 9.06. The van der Waals surface area contributed by atoms with Crippen LogP contribution in [0.2, 0.25) is 0 Å². The molecule has 0 bridgehead atoms. The Morgan fingerprint density at radius 1 is 1.07 bits per heavy atom. The van der Waals surface area contributed by atoms with Gasteiger partial charge in [0.05, 0.1) is 0 Å². The topological polar surface area (TPSA) is 66.8 Å². The van der Waals surface area contributed by atoms with Crippen LogP contribution in [-0.4, -0.2) is 47.9 Å². The molecule has 0 radical (unpaired) electrons. The van der Waals surface area contributed by atoms with Gasteiger partial charge in [-0.05, 0) is 28.7 Å². The molecule has 5 nitrogen and oxygen atoms in total. The average molecular weight is 407 g/mol. The fourth-order valence-corrected chi connectivity index (χ4v) is 3.61. The van der Waals surface area contributed by atoms with E-state index in [9.17, 15) is 27.9 Å². The SMILES string of the molecule is CN(C(=O)OCC1c2ccccc2-c2ccccc21)[C@@H](CCC(F)(F)F)C(=O)O. The number of carboxylic acids is 1. The van der Waals surface area contributed by atoms with Gasteiger partial charge in [-0.25, -0.2) is 9.59 Å². The molecule has 1 aliphatic carbocycles. The van der Waals surface area contributed by atoms with Crippen molar-refractivity contribution in [1.29, 1.82) is 0 Å². The van der Waals surface area contributed by atoms with E-state index in [1.54, 1.807) is 0 Å². The number of aliphatic carboxylic acids is 1. The first-order chi connectivity index (χ1) is 13.7. The Bertz CT molecular complexity index is 867. The van der Waals surface area contributed by atoms with Gasteiger partial charge in [-0.1, -0.05) is 48.5 Å². The lowest BCUT2D eigenvalue weighted by Crippen LogP contribution is -2.43. The number of benzene rings is 2. The van der Waals surface area contributed by atoms with Gasteiger partial charge in [-0.2, -0.15) is 13.2 Å². The van der Waals surface area contributed by atoms with E-state index in [1.807, 2.05) is 48.5 Å². The van der Waals surface area contributed by atoms with Crippen LogP contribution in [0.4, 0.5) is 18.0 Å². The monoisotopic (exact) mass is 407 g/mol. The number of hydrogen-bond donors (Lipinski definition) is 1. The smallest absolute Gasteiger partial charge is 0.410 e. The van der Waals surface area contributed by atoms with E-state index in [-0.39, 0.29) is 12.5 Å². The molecular weight excluding hydrogens is 387 g/mol. The van der Waals surface area contributed by atoms with Crippen molar-refractivity contribution in [2.75, 3.05) is 13.7 Å². The predicted octanol–water partition coefficient (Wildman–Crippen LogP) is 4.66. The largest absolute Gasteiger partial charge is 0.480 e. The highest BCUT2D eigenvalue weighted by molar-refractivity contribution is 5.81. The second-order valence-corrected chi connectivity index (χ2v) is 6.92. The molecule has 1 amide bonds. The van der Waals surface area contributed by atoms with E-state index in [2.05, 4.69) is 0 Å². The summed E-state index contributed by atoms with van der Waals surface area (Å²) in [6.45, 7) is -0.0389. The molecule has 0 aromatic heterocycles. The molecule has 0 saturated carbocycles. The van der Waals surface area contributed by atoms with E-state index in [0.717, 1.165) is 29.3 Å². The summed E-state index contributed by atoms with van der Waals surface area (Å²) >= 11 is 0. The number of alkyl halides is 3. The quantitative estimate of drug-likeness (QED) is 0.756. The molecule has 0 spiro atoms. The predicted molar refractivity (Wildman–Crippen MR) is 99.5 cm³/mol. The standard InChI is InChI=1S/C21H20F3NO4/c1-25(18(19(26)27)10-11-21(22,23)24)20(28)29-12-17-15-8-4-2-6-13(15)14-7-3-5-9-16(14)17/h2-9,17-18H,10-12H2,1H3,(H,26,27)/t18-/m0/s1. The number of hydrogen-bond acceptors (Lipinski definition) is 3. The number of fused-ring (bicyclic) bond motifs is 3. The van der Waals surface area contributed by atoms with Crippen molar-refractivity contribution in [2.24, 2.45) is 0 Å². The van der Waals surface area contributed by atoms with Crippen LogP contribution in [-0.2, 0) is 9.53 Å². The van der Waals surface area contributed by atoms with Crippen LogP contribution in [0.3, 0.4) is 0 Å². The lowest BCUT2D eigenvalue weighted by molar-refractivity contribution is -0.149. The van der Waals surface area contributed by atoms with Crippen LogP contribution < -0.4 is 0 Å². The average Bonchev–Trinajstić information content (AvgIpc) is 2.99. The molecule has 0 heterocycles. The van der Waals surface area contributed by atoms with Crippen molar-refractivity contribution in [3.05, 3.63) is 59.7 Å². The summed E-state index contributed by atoms with van der Waals surface area (Å²) in [6, 6.07) is 13.8. The molecule has 154 valence electrons. The Labute approximate surface area is 165 Å². The number of carbonyl (C=O) groups is 2. The van der Waals surface area contributed by atoms with Crippen molar-refractivity contribution in [1.82, 2.24) is 4.90 Å². The number of ether oxygens (including phenoxy) is 1. The van der Waals surface area contributed by atoms with Crippen molar-refractivity contribution in [2.45, 2.75) is 31.0 Å². The van der Waals surface area contributed by atoms with Gasteiger partial charge in [-0.3, -0.25) is 4.90 Å². The Balaban J connectivity index is 1.70. The van der Waals surface area contributed by atoms with Gasteiger partial charge in [0.15, 0.2) is 0 Å². The summed E-state index contributed by atoms with van der Waals surface area (Å²) in [5.41, 5.74) is 4.03. The van der Waals surface area contributed by atoms with Crippen LogP contribution in [0, 0.1) is 0 Å². The number of halogens is 3. The lowest BCUT2D eigenvalue weighted by atomic mass is 9.98. The fraction of sp³-hybridized carbons (Fsp3) is 0.333. The summed E-state index contributed by atoms with van der Waals surface area (Å²) in [5, 5.41) is 9.21. The van der Waals surface area contributed by atoms with Gasteiger partial charge in [-0.15, -0.1) is 0 Å². The number of carbonyl (C=O) groups excluding carboxylic acids is 1. The lowest BCUT2D eigenvalue weighted by Gasteiger charge is -2.25. The van der Waals surface area contributed by atoms with Crippen molar-refractivity contribution >= 4 is 12.1 Å². The number of likely N-dealkylation sites (N-methyl/N-ethyl adjacent to an activating group) is 1. The molecule has 0 aliphatic heterocycles. The van der Waals surface area contributed by atoms with Gasteiger partial charge in [0.25, 0.3) is 0 Å². The maximum atomic E-state index is 12.5. The van der Waals surface area contributed by atoms with E-state index < -0.39 is 37.1 Å². The van der Waals surface area contributed by atoms with E-state index >= 15 is 0 Å². The number of rotatable bonds is 6. The van der Waals surface area contributed by atoms with Crippen LogP contribution in [0.25, 0.3) is 11.1 Å². The highest BCUT2D eigenvalue weighted by Crippen LogP contribution is 2.44. The molecule has 0 fully saturated rings. The summed E-state index contributed by atoms with van der Waals surface area (Å²) in [6.07, 6.45) is -7.51. The molecule has 2 aromatic carbocycles. The van der Waals surface area contributed by atoms with Crippen molar-refractivity contribution in [3.8, 4) is 11.1 Å². The molecular formula is C21H20F3NO4. The Morgan fingerprint density at radius 3 is 2.07 bits per heavy atom. The zero-order chi connectivity index (χ0) is 21.2. The third kappa shape index (κ3) is 4.52. The van der Waals surface area contributed by atoms with Crippen LogP contribution in [0.15, 0.2) is 48.5 Å². The number of carboxylic acid groups (broad SMARTS) is 1.